The lowest BCUT2D eigenvalue weighted by Gasteiger charge is -2.45. The largest absolute Gasteiger partial charge is 0.397 e. The number of benzene rings is 1. The van der Waals surface area contributed by atoms with Crippen LogP contribution in [0, 0.1) is 5.92 Å². The van der Waals surface area contributed by atoms with Crippen molar-refractivity contribution >= 4 is 27.3 Å². The first kappa shape index (κ1) is 11.4. The molecule has 0 aromatic heterocycles. The SMILES string of the molecule is Nc1cc(Br)ccc1NC1CN2CCC1CC2. The third-order valence-electron chi connectivity index (χ3n) is 4.01. The average Bonchev–Trinajstić information content (AvgIpc) is 2.34. The molecule has 17 heavy (non-hydrogen) atoms. The number of nitrogen functional groups attached to an aromatic ring is 1. The Morgan fingerprint density at radius 2 is 2.06 bits per heavy atom. The quantitative estimate of drug-likeness (QED) is 0.824. The predicted molar refractivity (Wildman–Crippen MR) is 75.1 cm³/mol. The van der Waals surface area contributed by atoms with Crippen molar-refractivity contribution < 1.29 is 0 Å². The maximum Gasteiger partial charge on any atom is 0.0577 e. The van der Waals surface area contributed by atoms with Gasteiger partial charge in [-0.15, -0.1) is 0 Å². The van der Waals surface area contributed by atoms with Crippen molar-refractivity contribution in [1.82, 2.24) is 4.90 Å². The molecule has 0 saturated carbocycles. The lowest BCUT2D eigenvalue weighted by molar-refractivity contribution is 0.0975. The number of nitrogens with one attached hydrogen (secondary N) is 1. The fourth-order valence-corrected chi connectivity index (χ4v) is 3.37. The molecule has 3 aliphatic heterocycles. The van der Waals surface area contributed by atoms with Gasteiger partial charge in [0.1, 0.15) is 0 Å². The highest BCUT2D eigenvalue weighted by molar-refractivity contribution is 9.10. The van der Waals surface area contributed by atoms with Crippen LogP contribution in [-0.4, -0.2) is 30.6 Å². The summed E-state index contributed by atoms with van der Waals surface area (Å²) in [6.07, 6.45) is 2.65. The molecule has 3 nitrogen and oxygen atoms in total. The first-order valence-corrected chi connectivity index (χ1v) is 7.05. The molecular formula is C13H18BrN3. The zero-order chi connectivity index (χ0) is 11.8. The Morgan fingerprint density at radius 1 is 1.29 bits per heavy atom. The molecule has 92 valence electrons. The van der Waals surface area contributed by atoms with Crippen LogP contribution < -0.4 is 11.1 Å². The third kappa shape index (κ3) is 2.29. The molecule has 3 N–H and O–H groups in total. The van der Waals surface area contributed by atoms with Gasteiger partial charge in [-0.3, -0.25) is 0 Å². The number of hydrogen-bond acceptors (Lipinski definition) is 3. The van der Waals surface area contributed by atoms with Crippen molar-refractivity contribution in [1.29, 1.82) is 0 Å². The van der Waals surface area contributed by atoms with Crippen molar-refractivity contribution in [3.8, 4) is 0 Å². The topological polar surface area (TPSA) is 41.3 Å². The minimum absolute atomic E-state index is 0.570. The van der Waals surface area contributed by atoms with E-state index in [1.54, 1.807) is 0 Å². The first-order valence-electron chi connectivity index (χ1n) is 6.26. The number of piperidine rings is 3. The van der Waals surface area contributed by atoms with Crippen molar-refractivity contribution in [2.45, 2.75) is 18.9 Å². The summed E-state index contributed by atoms with van der Waals surface area (Å²) in [6, 6.07) is 6.64. The molecule has 4 heteroatoms. The van der Waals surface area contributed by atoms with Crippen molar-refractivity contribution in [2.24, 2.45) is 5.92 Å². The van der Waals surface area contributed by atoms with Crippen LogP contribution in [0.25, 0.3) is 0 Å². The molecule has 4 rings (SSSR count). The highest BCUT2D eigenvalue weighted by Gasteiger charge is 2.34. The van der Waals surface area contributed by atoms with E-state index in [0.29, 0.717) is 6.04 Å². The van der Waals surface area contributed by atoms with E-state index in [4.69, 9.17) is 5.73 Å². The fraction of sp³-hybridized carbons (Fsp3) is 0.538. The van der Waals surface area contributed by atoms with Gasteiger partial charge in [0.05, 0.1) is 11.4 Å². The number of fused-ring (bicyclic) bond motifs is 3. The van der Waals surface area contributed by atoms with E-state index in [0.717, 1.165) is 21.8 Å². The predicted octanol–water partition coefficient (Wildman–Crippen LogP) is 2.54. The van der Waals surface area contributed by atoms with Gasteiger partial charge < -0.3 is 16.0 Å². The monoisotopic (exact) mass is 295 g/mol. The van der Waals surface area contributed by atoms with Gasteiger partial charge in [-0.1, -0.05) is 15.9 Å². The van der Waals surface area contributed by atoms with Gasteiger partial charge in [0, 0.05) is 17.1 Å². The second-order valence-corrected chi connectivity index (χ2v) is 6.04. The second-order valence-electron chi connectivity index (χ2n) is 5.12. The Balaban J connectivity index is 1.74. The van der Waals surface area contributed by atoms with Gasteiger partial charge in [0.25, 0.3) is 0 Å². The van der Waals surface area contributed by atoms with E-state index in [-0.39, 0.29) is 0 Å². The Kier molecular flexibility index (Phi) is 3.01. The molecule has 2 bridgehead atoms. The summed E-state index contributed by atoms with van der Waals surface area (Å²) in [7, 11) is 0. The van der Waals surface area contributed by atoms with Crippen LogP contribution in [0.3, 0.4) is 0 Å². The highest BCUT2D eigenvalue weighted by Crippen LogP contribution is 2.31. The van der Waals surface area contributed by atoms with E-state index in [1.807, 2.05) is 12.1 Å². The smallest absolute Gasteiger partial charge is 0.0577 e. The first-order chi connectivity index (χ1) is 8.22. The van der Waals surface area contributed by atoms with E-state index >= 15 is 0 Å². The number of halogens is 1. The Morgan fingerprint density at radius 3 is 2.65 bits per heavy atom. The zero-order valence-corrected chi connectivity index (χ0v) is 11.4. The van der Waals surface area contributed by atoms with Crippen molar-refractivity contribution in [3.05, 3.63) is 22.7 Å². The summed E-state index contributed by atoms with van der Waals surface area (Å²) in [5.74, 6) is 0.822. The van der Waals surface area contributed by atoms with Crippen LogP contribution in [0.4, 0.5) is 11.4 Å². The molecule has 1 aromatic rings. The van der Waals surface area contributed by atoms with E-state index in [1.165, 1.54) is 32.5 Å². The van der Waals surface area contributed by atoms with Crippen LogP contribution in [0.2, 0.25) is 0 Å². The number of anilines is 2. The highest BCUT2D eigenvalue weighted by atomic mass is 79.9. The van der Waals surface area contributed by atoms with Crippen molar-refractivity contribution in [3.63, 3.8) is 0 Å². The standard InChI is InChI=1S/C13H18BrN3/c14-10-1-2-12(11(15)7-10)16-13-8-17-5-3-9(13)4-6-17/h1-2,7,9,13,16H,3-6,8,15H2. The molecule has 3 aliphatic rings. The number of hydrogen-bond donors (Lipinski definition) is 2. The van der Waals surface area contributed by atoms with Gasteiger partial charge in [0.15, 0.2) is 0 Å². The summed E-state index contributed by atoms with van der Waals surface area (Å²) in [5.41, 5.74) is 7.94. The van der Waals surface area contributed by atoms with Gasteiger partial charge in [0.2, 0.25) is 0 Å². The summed E-state index contributed by atoms with van der Waals surface area (Å²) < 4.78 is 1.04. The molecule has 1 aromatic carbocycles. The Bertz CT molecular complexity index is 413. The van der Waals surface area contributed by atoms with Crippen LogP contribution in [-0.2, 0) is 0 Å². The fourth-order valence-electron chi connectivity index (χ4n) is 2.99. The van der Waals surface area contributed by atoms with Gasteiger partial charge in [-0.2, -0.15) is 0 Å². The van der Waals surface area contributed by atoms with Gasteiger partial charge in [-0.25, -0.2) is 0 Å². The minimum Gasteiger partial charge on any atom is -0.397 e. The summed E-state index contributed by atoms with van der Waals surface area (Å²) >= 11 is 3.44. The van der Waals surface area contributed by atoms with Crippen LogP contribution in [0.5, 0.6) is 0 Å². The van der Waals surface area contributed by atoms with Crippen LogP contribution in [0.15, 0.2) is 22.7 Å². The maximum absolute atomic E-state index is 6.03. The lowest BCUT2D eigenvalue weighted by Crippen LogP contribution is -2.53. The summed E-state index contributed by atoms with van der Waals surface area (Å²) in [5, 5.41) is 3.62. The maximum atomic E-state index is 6.03. The Labute approximate surface area is 110 Å². The molecule has 3 heterocycles. The van der Waals surface area contributed by atoms with Crippen LogP contribution >= 0.6 is 15.9 Å². The number of rotatable bonds is 2. The summed E-state index contributed by atoms with van der Waals surface area (Å²) in [6.45, 7) is 3.72. The van der Waals surface area contributed by atoms with Gasteiger partial charge in [-0.05, 0) is 50.0 Å². The normalized spacial score (nSPS) is 31.5. The molecule has 0 amide bonds. The molecule has 1 atom stereocenters. The third-order valence-corrected chi connectivity index (χ3v) is 4.50. The second kappa shape index (κ2) is 4.50. The lowest BCUT2D eigenvalue weighted by atomic mass is 9.84. The van der Waals surface area contributed by atoms with Gasteiger partial charge >= 0.3 is 0 Å². The number of nitrogens with two attached hydrogens (primary N) is 1. The molecule has 0 aliphatic carbocycles. The molecule has 0 radical (unpaired) electrons. The molecule has 1 unspecified atom stereocenters. The minimum atomic E-state index is 0.570. The summed E-state index contributed by atoms with van der Waals surface area (Å²) in [4.78, 5) is 2.55. The Hall–Kier alpha value is -0.740. The molecule has 3 saturated heterocycles. The molecular weight excluding hydrogens is 278 g/mol. The van der Waals surface area contributed by atoms with Crippen LogP contribution in [0.1, 0.15) is 12.8 Å². The average molecular weight is 296 g/mol. The molecule has 0 spiro atoms. The van der Waals surface area contributed by atoms with E-state index in [2.05, 4.69) is 32.2 Å². The molecule has 3 fully saturated rings. The van der Waals surface area contributed by atoms with E-state index in [9.17, 15) is 0 Å². The van der Waals surface area contributed by atoms with Crippen molar-refractivity contribution in [2.75, 3.05) is 30.7 Å². The number of nitrogens with zero attached hydrogens (tertiary/aromatic N) is 1. The van der Waals surface area contributed by atoms with E-state index < -0.39 is 0 Å². The zero-order valence-electron chi connectivity index (χ0n) is 9.82.